The van der Waals surface area contributed by atoms with Gasteiger partial charge in [-0.15, -0.1) is 0 Å². The smallest absolute Gasteiger partial charge is 0.337 e. The van der Waals surface area contributed by atoms with Gasteiger partial charge in [-0.05, 0) is 88.7 Å². The topological polar surface area (TPSA) is 75.5 Å². The van der Waals surface area contributed by atoms with E-state index in [1.54, 1.807) is 36.4 Å². The summed E-state index contributed by atoms with van der Waals surface area (Å²) >= 11 is 2.23. The summed E-state index contributed by atoms with van der Waals surface area (Å²) in [7, 11) is 1.32. The first-order valence-electron chi connectivity index (χ1n) is 13.4. The summed E-state index contributed by atoms with van der Waals surface area (Å²) in [6.07, 6.45) is 0.913. The average Bonchev–Trinajstić information content (AvgIpc) is 3.31. The van der Waals surface area contributed by atoms with Gasteiger partial charge >= 0.3 is 5.97 Å². The van der Waals surface area contributed by atoms with Gasteiger partial charge in [-0.1, -0.05) is 18.2 Å². The zero-order chi connectivity index (χ0) is 29.2. The molecule has 1 fully saturated rings. The summed E-state index contributed by atoms with van der Waals surface area (Å²) in [5.74, 6) is -0.794. The Balaban J connectivity index is 1.27. The Kier molecular flexibility index (Phi) is 8.16. The van der Waals surface area contributed by atoms with Gasteiger partial charge in [0, 0.05) is 28.2 Å². The van der Waals surface area contributed by atoms with Gasteiger partial charge in [0.1, 0.15) is 24.1 Å². The molecule has 1 saturated heterocycles. The number of benzene rings is 3. The van der Waals surface area contributed by atoms with E-state index in [4.69, 9.17) is 19.2 Å². The van der Waals surface area contributed by atoms with Crippen LogP contribution in [0.5, 0.6) is 5.88 Å². The number of rotatable bonds is 9. The van der Waals surface area contributed by atoms with Crippen LogP contribution < -0.4 is 4.74 Å². The number of esters is 1. The molecule has 1 atom stereocenters. The normalized spacial score (nSPS) is 14.5. The molecule has 3 heterocycles. The minimum atomic E-state index is -0.605. The first kappa shape index (κ1) is 28.2. The van der Waals surface area contributed by atoms with Gasteiger partial charge in [-0.25, -0.2) is 23.5 Å². The number of nitrogens with zero attached hydrogens (tertiary/aromatic N) is 3. The fourth-order valence-corrected chi connectivity index (χ4v) is 5.22. The Morgan fingerprint density at radius 2 is 1.86 bits per heavy atom. The summed E-state index contributed by atoms with van der Waals surface area (Å²) in [6, 6.07) is 20.3. The number of methoxy groups -OCH3 is 1. The standard InChI is InChI=1S/C32H26F2IN3O4/c1-40-32(39)20-7-10-28-29(14-20)38(17-23-11-12-41-23)30(36-28)15-21-13-26(34)24(16-25(21)33)27-3-2-4-31(37-27)42-18-19-5-8-22(35)9-6-19/h2-10,13-14,16,23H,11-12,15,17-18H2,1H3. The molecule has 6 rings (SSSR count). The molecule has 0 aliphatic carbocycles. The number of carbonyl (C=O) groups excluding carboxylic acids is 1. The third-order valence-electron chi connectivity index (χ3n) is 7.21. The van der Waals surface area contributed by atoms with Gasteiger partial charge in [-0.2, -0.15) is 0 Å². The summed E-state index contributed by atoms with van der Waals surface area (Å²) in [6.45, 7) is 1.46. The number of pyridine rings is 1. The van der Waals surface area contributed by atoms with E-state index in [0.29, 0.717) is 48.1 Å². The molecule has 2 aromatic heterocycles. The number of carbonyl (C=O) groups is 1. The van der Waals surface area contributed by atoms with Crippen LogP contribution >= 0.6 is 22.6 Å². The average molecular weight is 681 g/mol. The van der Waals surface area contributed by atoms with Crippen molar-refractivity contribution in [3.63, 3.8) is 0 Å². The second kappa shape index (κ2) is 12.1. The largest absolute Gasteiger partial charge is 0.473 e. The monoisotopic (exact) mass is 681 g/mol. The van der Waals surface area contributed by atoms with E-state index >= 15 is 8.78 Å². The summed E-state index contributed by atoms with van der Waals surface area (Å²) < 4.78 is 50.3. The SMILES string of the molecule is COC(=O)c1ccc2nc(Cc3cc(F)c(-c4cccc(OCc5ccc(I)cc5)n4)cc3F)n(CC3CCO3)c2c1. The van der Waals surface area contributed by atoms with Crippen LogP contribution in [0.1, 0.15) is 33.7 Å². The number of hydrogen-bond acceptors (Lipinski definition) is 6. The van der Waals surface area contributed by atoms with Crippen LogP contribution in [0.4, 0.5) is 8.78 Å². The van der Waals surface area contributed by atoms with Crippen molar-refractivity contribution in [3.05, 3.63) is 111 Å². The molecule has 1 aliphatic rings. The highest BCUT2D eigenvalue weighted by Gasteiger charge is 2.24. The molecule has 1 unspecified atom stereocenters. The Morgan fingerprint density at radius 3 is 2.60 bits per heavy atom. The van der Waals surface area contributed by atoms with Crippen LogP contribution in [0.25, 0.3) is 22.3 Å². The molecule has 0 N–H and O–H groups in total. The Bertz CT molecular complexity index is 1770. The first-order chi connectivity index (χ1) is 20.4. The fraction of sp³-hybridized carbons (Fsp3) is 0.219. The molecule has 42 heavy (non-hydrogen) atoms. The molecule has 0 amide bonds. The lowest BCUT2D eigenvalue weighted by atomic mass is 10.0. The summed E-state index contributed by atoms with van der Waals surface area (Å²) in [5.41, 5.74) is 3.15. The number of fused-ring (bicyclic) bond motifs is 1. The highest BCUT2D eigenvalue weighted by Crippen LogP contribution is 2.29. The van der Waals surface area contributed by atoms with Gasteiger partial charge < -0.3 is 18.8 Å². The van der Waals surface area contributed by atoms with Crippen molar-refractivity contribution in [1.29, 1.82) is 0 Å². The predicted octanol–water partition coefficient (Wildman–Crippen LogP) is 6.73. The summed E-state index contributed by atoms with van der Waals surface area (Å²) in [4.78, 5) is 21.2. The first-order valence-corrected chi connectivity index (χ1v) is 14.5. The van der Waals surface area contributed by atoms with E-state index in [1.807, 2.05) is 28.8 Å². The molecule has 10 heteroatoms. The van der Waals surface area contributed by atoms with Crippen molar-refractivity contribution in [2.24, 2.45) is 0 Å². The van der Waals surface area contributed by atoms with Gasteiger partial charge in [0.05, 0.1) is 42.0 Å². The molecule has 0 spiro atoms. The third kappa shape index (κ3) is 6.00. The van der Waals surface area contributed by atoms with Gasteiger partial charge in [-0.3, -0.25) is 0 Å². The van der Waals surface area contributed by atoms with E-state index in [-0.39, 0.29) is 29.3 Å². The van der Waals surface area contributed by atoms with E-state index in [0.717, 1.165) is 21.6 Å². The molecule has 0 bridgehead atoms. The van der Waals surface area contributed by atoms with Crippen molar-refractivity contribution in [2.45, 2.75) is 32.1 Å². The fourth-order valence-electron chi connectivity index (χ4n) is 4.86. The molecule has 1 aliphatic heterocycles. The highest BCUT2D eigenvalue weighted by molar-refractivity contribution is 14.1. The van der Waals surface area contributed by atoms with Crippen LogP contribution in [0.15, 0.2) is 72.8 Å². The molecule has 0 saturated carbocycles. The lowest BCUT2D eigenvalue weighted by Crippen LogP contribution is -2.31. The van der Waals surface area contributed by atoms with Crippen LogP contribution in [0.3, 0.4) is 0 Å². The van der Waals surface area contributed by atoms with E-state index in [9.17, 15) is 4.79 Å². The van der Waals surface area contributed by atoms with E-state index in [2.05, 4.69) is 27.6 Å². The van der Waals surface area contributed by atoms with Crippen LogP contribution in [0, 0.1) is 15.2 Å². The minimum Gasteiger partial charge on any atom is -0.473 e. The maximum atomic E-state index is 15.5. The van der Waals surface area contributed by atoms with Crippen molar-refractivity contribution in [2.75, 3.05) is 13.7 Å². The number of ether oxygens (including phenoxy) is 3. The maximum Gasteiger partial charge on any atom is 0.337 e. The predicted molar refractivity (Wildman–Crippen MR) is 161 cm³/mol. The zero-order valence-electron chi connectivity index (χ0n) is 22.6. The molecule has 214 valence electrons. The van der Waals surface area contributed by atoms with Gasteiger partial charge in [0.15, 0.2) is 0 Å². The second-order valence-electron chi connectivity index (χ2n) is 9.99. The third-order valence-corrected chi connectivity index (χ3v) is 7.93. The van der Waals surface area contributed by atoms with Crippen molar-refractivity contribution in [3.8, 4) is 17.1 Å². The van der Waals surface area contributed by atoms with Crippen molar-refractivity contribution < 1.29 is 27.8 Å². The van der Waals surface area contributed by atoms with E-state index < -0.39 is 17.6 Å². The Hall–Kier alpha value is -3.90. The van der Waals surface area contributed by atoms with Crippen molar-refractivity contribution >= 4 is 39.6 Å². The Labute approximate surface area is 254 Å². The molecule has 3 aromatic carbocycles. The number of hydrogen-bond donors (Lipinski definition) is 0. The van der Waals surface area contributed by atoms with Crippen LogP contribution in [-0.2, 0) is 29.0 Å². The molecular formula is C32H26F2IN3O4. The molecule has 5 aromatic rings. The lowest BCUT2D eigenvalue weighted by molar-refractivity contribution is -0.0589. The minimum absolute atomic E-state index is 0.0156. The van der Waals surface area contributed by atoms with Crippen molar-refractivity contribution in [1.82, 2.24) is 14.5 Å². The van der Waals surface area contributed by atoms with E-state index in [1.165, 1.54) is 13.2 Å². The quantitative estimate of drug-likeness (QED) is 0.127. The van der Waals surface area contributed by atoms with Crippen LogP contribution in [0.2, 0.25) is 0 Å². The number of imidazole rings is 1. The second-order valence-corrected chi connectivity index (χ2v) is 11.2. The molecule has 7 nitrogen and oxygen atoms in total. The molecular weight excluding hydrogens is 655 g/mol. The van der Waals surface area contributed by atoms with Gasteiger partial charge in [0.25, 0.3) is 0 Å². The maximum absolute atomic E-state index is 15.5. The zero-order valence-corrected chi connectivity index (χ0v) is 24.8. The number of halogens is 3. The Morgan fingerprint density at radius 1 is 1.05 bits per heavy atom. The molecule has 0 radical (unpaired) electrons. The van der Waals surface area contributed by atoms with Crippen LogP contribution in [-0.4, -0.2) is 40.3 Å². The number of aromatic nitrogens is 3. The summed E-state index contributed by atoms with van der Waals surface area (Å²) in [5, 5.41) is 0. The highest BCUT2D eigenvalue weighted by atomic mass is 127. The lowest BCUT2D eigenvalue weighted by Gasteiger charge is -2.27. The van der Waals surface area contributed by atoms with Gasteiger partial charge in [0.2, 0.25) is 5.88 Å².